The Bertz CT molecular complexity index is 556. The number of nitrogens with zero attached hydrogens (tertiary/aromatic N) is 1. The van der Waals surface area contributed by atoms with Crippen LogP contribution >= 0.6 is 0 Å². The lowest BCUT2D eigenvalue weighted by Gasteiger charge is -2.34. The van der Waals surface area contributed by atoms with Gasteiger partial charge in [0.2, 0.25) is 10.0 Å². The van der Waals surface area contributed by atoms with Gasteiger partial charge in [-0.3, -0.25) is 0 Å². The fourth-order valence-corrected chi connectivity index (χ4v) is 4.34. The highest BCUT2D eigenvalue weighted by atomic mass is 32.2. The van der Waals surface area contributed by atoms with E-state index in [1.165, 1.54) is 9.87 Å². The first-order valence-electron chi connectivity index (χ1n) is 7.53. The van der Waals surface area contributed by atoms with E-state index >= 15 is 0 Å². The average Bonchev–Trinajstić information content (AvgIpc) is 2.37. The molecule has 1 aliphatic heterocycles. The Kier molecular flexibility index (Phi) is 5.07. The van der Waals surface area contributed by atoms with Crippen molar-refractivity contribution in [2.24, 2.45) is 5.92 Å². The quantitative estimate of drug-likeness (QED) is 0.859. The molecule has 0 amide bonds. The van der Waals surface area contributed by atoms with E-state index in [4.69, 9.17) is 4.74 Å². The fraction of sp³-hybridized carbons (Fsp3) is 0.625. The zero-order valence-corrected chi connectivity index (χ0v) is 14.1. The van der Waals surface area contributed by atoms with Gasteiger partial charge in [-0.05, 0) is 43.9 Å². The normalized spacial score (nSPS) is 24.4. The summed E-state index contributed by atoms with van der Waals surface area (Å²) in [7, 11) is -3.42. The molecule has 2 unspecified atom stereocenters. The topological polar surface area (TPSA) is 46.6 Å². The van der Waals surface area contributed by atoms with Gasteiger partial charge in [-0.15, -0.1) is 0 Å². The molecular formula is C16H25NO3S. The highest BCUT2D eigenvalue weighted by Gasteiger charge is 2.32. The molecule has 0 aromatic heterocycles. The first-order valence-corrected chi connectivity index (χ1v) is 8.97. The molecule has 0 radical (unpaired) electrons. The summed E-state index contributed by atoms with van der Waals surface area (Å²) in [5.41, 5.74) is 1.17. The van der Waals surface area contributed by atoms with Gasteiger partial charge in [-0.25, -0.2) is 8.42 Å². The van der Waals surface area contributed by atoms with Gasteiger partial charge in [0.1, 0.15) is 0 Å². The first kappa shape index (κ1) is 16.5. The molecule has 0 aliphatic carbocycles. The smallest absolute Gasteiger partial charge is 0.243 e. The van der Waals surface area contributed by atoms with Crippen LogP contribution in [0, 0.1) is 5.92 Å². The maximum absolute atomic E-state index is 12.7. The molecule has 1 heterocycles. The number of hydrogen-bond acceptors (Lipinski definition) is 3. The summed E-state index contributed by atoms with van der Waals surface area (Å²) in [6, 6.07) is 7.27. The number of morpholine rings is 1. The summed E-state index contributed by atoms with van der Waals surface area (Å²) < 4.78 is 32.5. The number of hydrogen-bond donors (Lipinski definition) is 0. The molecule has 0 spiro atoms. The Labute approximate surface area is 128 Å². The molecule has 0 saturated carbocycles. The summed E-state index contributed by atoms with van der Waals surface area (Å²) in [6.07, 6.45) is 0.832. The predicted molar refractivity (Wildman–Crippen MR) is 83.8 cm³/mol. The van der Waals surface area contributed by atoms with E-state index in [0.29, 0.717) is 23.9 Å². The minimum atomic E-state index is -3.42. The predicted octanol–water partition coefficient (Wildman–Crippen LogP) is 2.68. The first-order chi connectivity index (χ1) is 9.79. The Hall–Kier alpha value is -0.910. The van der Waals surface area contributed by atoms with Crippen LogP contribution < -0.4 is 0 Å². The van der Waals surface area contributed by atoms with Crippen molar-refractivity contribution in [2.45, 2.75) is 51.2 Å². The van der Waals surface area contributed by atoms with E-state index < -0.39 is 10.0 Å². The van der Waals surface area contributed by atoms with Gasteiger partial charge in [-0.2, -0.15) is 4.31 Å². The van der Waals surface area contributed by atoms with Crippen molar-refractivity contribution in [1.29, 1.82) is 0 Å². The standard InChI is InChI=1S/C16H25NO3S/c1-12(2)9-15-5-7-16(8-6-15)21(18,19)17-10-13(3)20-14(4)11-17/h5-8,12-14H,9-11H2,1-4H3. The Morgan fingerprint density at radius 1 is 1.14 bits per heavy atom. The van der Waals surface area contributed by atoms with E-state index in [9.17, 15) is 8.42 Å². The Balaban J connectivity index is 2.19. The maximum atomic E-state index is 12.7. The third kappa shape index (κ3) is 4.05. The zero-order chi connectivity index (χ0) is 15.6. The second-order valence-electron chi connectivity index (χ2n) is 6.32. The number of benzene rings is 1. The summed E-state index contributed by atoms with van der Waals surface area (Å²) in [6.45, 7) is 8.96. The second kappa shape index (κ2) is 6.46. The Morgan fingerprint density at radius 2 is 1.67 bits per heavy atom. The van der Waals surface area contributed by atoms with Gasteiger partial charge in [0.05, 0.1) is 17.1 Å². The molecule has 1 aromatic carbocycles. The van der Waals surface area contributed by atoms with Crippen molar-refractivity contribution in [3.8, 4) is 0 Å². The minimum Gasteiger partial charge on any atom is -0.373 e. The van der Waals surface area contributed by atoms with Crippen LogP contribution in [-0.4, -0.2) is 38.0 Å². The van der Waals surface area contributed by atoms with Gasteiger partial charge in [0.15, 0.2) is 0 Å². The van der Waals surface area contributed by atoms with E-state index in [1.54, 1.807) is 12.1 Å². The lowest BCUT2D eigenvalue weighted by atomic mass is 10.0. The summed E-state index contributed by atoms with van der Waals surface area (Å²) in [4.78, 5) is 0.372. The molecule has 2 atom stereocenters. The fourth-order valence-electron chi connectivity index (χ4n) is 2.74. The van der Waals surface area contributed by atoms with Crippen LogP contribution in [0.4, 0.5) is 0 Å². The third-order valence-electron chi connectivity index (χ3n) is 3.59. The molecule has 4 nitrogen and oxygen atoms in total. The lowest BCUT2D eigenvalue weighted by molar-refractivity contribution is -0.0440. The molecule has 21 heavy (non-hydrogen) atoms. The SMILES string of the molecule is CC(C)Cc1ccc(S(=O)(=O)N2CC(C)OC(C)C2)cc1. The molecule has 5 heteroatoms. The van der Waals surface area contributed by atoms with Crippen molar-refractivity contribution in [3.05, 3.63) is 29.8 Å². The largest absolute Gasteiger partial charge is 0.373 e. The van der Waals surface area contributed by atoms with Crippen molar-refractivity contribution < 1.29 is 13.2 Å². The molecule has 1 aliphatic rings. The summed E-state index contributed by atoms with van der Waals surface area (Å²) in [5, 5.41) is 0. The Morgan fingerprint density at radius 3 is 2.14 bits per heavy atom. The summed E-state index contributed by atoms with van der Waals surface area (Å²) >= 11 is 0. The maximum Gasteiger partial charge on any atom is 0.243 e. The lowest BCUT2D eigenvalue weighted by Crippen LogP contribution is -2.48. The molecule has 0 bridgehead atoms. The average molecular weight is 311 g/mol. The van der Waals surface area contributed by atoms with Gasteiger partial charge < -0.3 is 4.74 Å². The van der Waals surface area contributed by atoms with Gasteiger partial charge in [0, 0.05) is 13.1 Å². The number of sulfonamides is 1. The molecule has 1 aromatic rings. The third-order valence-corrected chi connectivity index (χ3v) is 5.44. The van der Waals surface area contributed by atoms with Crippen LogP contribution in [0.2, 0.25) is 0 Å². The molecule has 0 N–H and O–H groups in total. The number of rotatable bonds is 4. The van der Waals surface area contributed by atoms with Crippen LogP contribution in [0.25, 0.3) is 0 Å². The zero-order valence-electron chi connectivity index (χ0n) is 13.2. The molecule has 1 saturated heterocycles. The summed E-state index contributed by atoms with van der Waals surface area (Å²) in [5.74, 6) is 0.563. The minimum absolute atomic E-state index is 0.0660. The number of ether oxygens (including phenoxy) is 1. The van der Waals surface area contributed by atoms with Crippen molar-refractivity contribution in [2.75, 3.05) is 13.1 Å². The van der Waals surface area contributed by atoms with Crippen molar-refractivity contribution in [3.63, 3.8) is 0 Å². The second-order valence-corrected chi connectivity index (χ2v) is 8.26. The highest BCUT2D eigenvalue weighted by Crippen LogP contribution is 2.22. The van der Waals surface area contributed by atoms with E-state index in [2.05, 4.69) is 13.8 Å². The van der Waals surface area contributed by atoms with Crippen LogP contribution in [-0.2, 0) is 21.2 Å². The monoisotopic (exact) mass is 311 g/mol. The van der Waals surface area contributed by atoms with Crippen molar-refractivity contribution in [1.82, 2.24) is 4.31 Å². The molecular weight excluding hydrogens is 286 g/mol. The van der Waals surface area contributed by atoms with Gasteiger partial charge in [-0.1, -0.05) is 26.0 Å². The molecule has 118 valence electrons. The van der Waals surface area contributed by atoms with Gasteiger partial charge >= 0.3 is 0 Å². The van der Waals surface area contributed by atoms with E-state index in [1.807, 2.05) is 26.0 Å². The highest BCUT2D eigenvalue weighted by molar-refractivity contribution is 7.89. The van der Waals surface area contributed by atoms with Crippen LogP contribution in [0.3, 0.4) is 0 Å². The molecule has 1 fully saturated rings. The van der Waals surface area contributed by atoms with E-state index in [0.717, 1.165) is 6.42 Å². The van der Waals surface area contributed by atoms with Crippen LogP contribution in [0.15, 0.2) is 29.2 Å². The van der Waals surface area contributed by atoms with E-state index in [-0.39, 0.29) is 12.2 Å². The molecule has 2 rings (SSSR count). The van der Waals surface area contributed by atoms with Gasteiger partial charge in [0.25, 0.3) is 0 Å². The van der Waals surface area contributed by atoms with Crippen molar-refractivity contribution >= 4 is 10.0 Å². The van der Waals surface area contributed by atoms with Crippen LogP contribution in [0.1, 0.15) is 33.3 Å². The van der Waals surface area contributed by atoms with Crippen LogP contribution in [0.5, 0.6) is 0 Å².